The lowest BCUT2D eigenvalue weighted by atomic mass is 10.2. The van der Waals surface area contributed by atoms with Crippen molar-refractivity contribution in [1.29, 1.82) is 0 Å². The number of rotatable bonds is 1. The Morgan fingerprint density at radius 2 is 1.61 bits per heavy atom. The Bertz CT molecular complexity index is 1040. The third-order valence-electron chi connectivity index (χ3n) is 3.58. The molecule has 4 nitrogen and oxygen atoms in total. The number of imidazole rings is 2. The van der Waals surface area contributed by atoms with E-state index < -0.39 is 34.3 Å². The molecule has 0 aliphatic carbocycles. The Labute approximate surface area is 126 Å². The van der Waals surface area contributed by atoms with Gasteiger partial charge in [-0.1, -0.05) is 0 Å². The normalized spacial score (nSPS) is 11.7. The number of aryl methyl sites for hydroxylation is 1. The van der Waals surface area contributed by atoms with Gasteiger partial charge in [-0.3, -0.25) is 0 Å². The van der Waals surface area contributed by atoms with Gasteiger partial charge in [-0.15, -0.1) is 0 Å². The van der Waals surface area contributed by atoms with Crippen LogP contribution >= 0.6 is 0 Å². The molecule has 23 heavy (non-hydrogen) atoms. The molecule has 0 spiro atoms. The second-order valence-electron chi connectivity index (χ2n) is 5.12. The minimum Gasteiger partial charge on any atom is -0.342 e. The van der Waals surface area contributed by atoms with Crippen LogP contribution < -0.4 is 0 Å². The van der Waals surface area contributed by atoms with E-state index in [4.69, 9.17) is 0 Å². The van der Waals surface area contributed by atoms with E-state index >= 15 is 0 Å². The van der Waals surface area contributed by atoms with Crippen LogP contribution in [0.25, 0.3) is 33.5 Å². The van der Waals surface area contributed by atoms with Gasteiger partial charge in [0.1, 0.15) is 22.7 Å². The molecule has 4 aromatic rings. The fourth-order valence-corrected chi connectivity index (χ4v) is 2.52. The molecule has 0 radical (unpaired) electrons. The highest BCUT2D eigenvalue weighted by Crippen LogP contribution is 2.29. The molecule has 0 atom stereocenters. The zero-order chi connectivity index (χ0) is 16.3. The lowest BCUT2D eigenvalue weighted by molar-refractivity contribution is 0.417. The van der Waals surface area contributed by atoms with Crippen LogP contribution in [0, 0.1) is 30.2 Å². The number of nitrogens with zero attached hydrogens (tertiary/aromatic N) is 2. The van der Waals surface area contributed by atoms with E-state index in [-0.39, 0.29) is 5.82 Å². The quantitative estimate of drug-likeness (QED) is 0.317. The van der Waals surface area contributed by atoms with Gasteiger partial charge in [0.15, 0.2) is 23.3 Å². The summed E-state index contributed by atoms with van der Waals surface area (Å²) in [5.41, 5.74) is 0.821. The molecule has 0 fully saturated rings. The van der Waals surface area contributed by atoms with Crippen molar-refractivity contribution in [3.8, 4) is 11.4 Å². The smallest absolute Gasteiger partial charge is 0.199 e. The van der Waals surface area contributed by atoms with Crippen molar-refractivity contribution in [3.63, 3.8) is 0 Å². The molecule has 2 heterocycles. The molecule has 2 aromatic heterocycles. The van der Waals surface area contributed by atoms with Gasteiger partial charge in [0.25, 0.3) is 0 Å². The minimum atomic E-state index is -1.88. The topological polar surface area (TPSA) is 57.4 Å². The van der Waals surface area contributed by atoms with Crippen LogP contribution in [-0.4, -0.2) is 19.9 Å². The molecular weight excluding hydrogens is 312 g/mol. The average molecular weight is 320 g/mol. The summed E-state index contributed by atoms with van der Waals surface area (Å²) in [5.74, 6) is -5.98. The van der Waals surface area contributed by atoms with E-state index in [2.05, 4.69) is 19.9 Å². The van der Waals surface area contributed by atoms with E-state index in [0.29, 0.717) is 16.9 Å². The zero-order valence-corrected chi connectivity index (χ0v) is 11.6. The van der Waals surface area contributed by atoms with Crippen LogP contribution in [0.1, 0.15) is 5.82 Å². The monoisotopic (exact) mass is 320 g/mol. The van der Waals surface area contributed by atoms with Gasteiger partial charge in [-0.05, 0) is 25.1 Å². The number of benzene rings is 2. The first-order chi connectivity index (χ1) is 11.0. The van der Waals surface area contributed by atoms with Crippen molar-refractivity contribution in [2.24, 2.45) is 0 Å². The fourth-order valence-electron chi connectivity index (χ4n) is 2.52. The maximum absolute atomic E-state index is 13.8. The van der Waals surface area contributed by atoms with Gasteiger partial charge < -0.3 is 9.97 Å². The first-order valence-electron chi connectivity index (χ1n) is 6.64. The molecule has 0 saturated carbocycles. The maximum Gasteiger partial charge on any atom is 0.199 e. The van der Waals surface area contributed by atoms with Gasteiger partial charge in [-0.25, -0.2) is 27.5 Å². The van der Waals surface area contributed by atoms with Crippen LogP contribution in [-0.2, 0) is 0 Å². The fraction of sp³-hybridized carbons (Fsp3) is 0.0667. The molecule has 2 aromatic carbocycles. The Kier molecular flexibility index (Phi) is 2.72. The van der Waals surface area contributed by atoms with E-state index in [0.717, 1.165) is 5.52 Å². The number of H-pyrrole nitrogens is 2. The Balaban J connectivity index is 1.97. The largest absolute Gasteiger partial charge is 0.342 e. The van der Waals surface area contributed by atoms with Gasteiger partial charge >= 0.3 is 0 Å². The molecule has 4 rings (SSSR count). The van der Waals surface area contributed by atoms with E-state index in [1.54, 1.807) is 25.1 Å². The zero-order valence-electron chi connectivity index (χ0n) is 11.6. The standard InChI is InChI=1S/C15H8F4N4/c1-5-20-7-3-2-6(4-8(7)21-5)15-22-13-11(18)9(16)10(17)12(19)14(13)23-15/h2-4H,1H3,(H,20,21)(H,22,23). The average Bonchev–Trinajstić information content (AvgIpc) is 3.12. The predicted octanol–water partition coefficient (Wildman–Crippen LogP) is 3.97. The van der Waals surface area contributed by atoms with E-state index in [9.17, 15) is 17.6 Å². The molecule has 0 unspecified atom stereocenters. The summed E-state index contributed by atoms with van der Waals surface area (Å²) in [6.07, 6.45) is 0. The summed E-state index contributed by atoms with van der Waals surface area (Å²) in [5, 5.41) is 0. The summed E-state index contributed by atoms with van der Waals surface area (Å²) in [7, 11) is 0. The SMILES string of the molecule is Cc1nc2ccc(-c3nc4c(F)c(F)c(F)c(F)c4[nH]3)cc2[nH]1. The van der Waals surface area contributed by atoms with Crippen LogP contribution in [0.2, 0.25) is 0 Å². The summed E-state index contributed by atoms with van der Waals surface area (Å²) >= 11 is 0. The van der Waals surface area contributed by atoms with Crippen molar-refractivity contribution < 1.29 is 17.6 Å². The Morgan fingerprint density at radius 1 is 0.870 bits per heavy atom. The maximum atomic E-state index is 13.8. The number of hydrogen-bond donors (Lipinski definition) is 2. The first kappa shape index (κ1) is 13.7. The highest BCUT2D eigenvalue weighted by molar-refractivity contribution is 5.84. The van der Waals surface area contributed by atoms with Gasteiger partial charge in [0, 0.05) is 5.56 Å². The third kappa shape index (κ3) is 1.91. The number of aromatic nitrogens is 4. The predicted molar refractivity (Wildman–Crippen MR) is 75.8 cm³/mol. The summed E-state index contributed by atoms with van der Waals surface area (Å²) in [6, 6.07) is 5.02. The van der Waals surface area contributed by atoms with Crippen molar-refractivity contribution in [2.75, 3.05) is 0 Å². The lowest BCUT2D eigenvalue weighted by Gasteiger charge is -1.97. The number of fused-ring (bicyclic) bond motifs is 2. The molecule has 0 saturated heterocycles. The van der Waals surface area contributed by atoms with Crippen LogP contribution in [0.5, 0.6) is 0 Å². The van der Waals surface area contributed by atoms with Crippen molar-refractivity contribution >= 4 is 22.1 Å². The van der Waals surface area contributed by atoms with Crippen molar-refractivity contribution in [2.45, 2.75) is 6.92 Å². The molecular formula is C15H8F4N4. The lowest BCUT2D eigenvalue weighted by Crippen LogP contribution is -1.97. The third-order valence-corrected chi connectivity index (χ3v) is 3.58. The van der Waals surface area contributed by atoms with Crippen LogP contribution in [0.4, 0.5) is 17.6 Å². The molecule has 0 aliphatic rings. The van der Waals surface area contributed by atoms with Crippen LogP contribution in [0.15, 0.2) is 18.2 Å². The second-order valence-corrected chi connectivity index (χ2v) is 5.12. The second kappa shape index (κ2) is 4.55. The van der Waals surface area contributed by atoms with E-state index in [1.807, 2.05) is 0 Å². The van der Waals surface area contributed by atoms with Crippen molar-refractivity contribution in [1.82, 2.24) is 19.9 Å². The Hall–Kier alpha value is -2.90. The first-order valence-corrected chi connectivity index (χ1v) is 6.64. The summed E-state index contributed by atoms with van der Waals surface area (Å²) in [4.78, 5) is 13.6. The molecule has 0 amide bonds. The molecule has 2 N–H and O–H groups in total. The molecule has 116 valence electrons. The highest BCUT2D eigenvalue weighted by Gasteiger charge is 2.23. The summed E-state index contributed by atoms with van der Waals surface area (Å²) in [6.45, 7) is 1.79. The van der Waals surface area contributed by atoms with Crippen LogP contribution in [0.3, 0.4) is 0 Å². The highest BCUT2D eigenvalue weighted by atomic mass is 19.2. The van der Waals surface area contributed by atoms with Gasteiger partial charge in [0.05, 0.1) is 11.0 Å². The van der Waals surface area contributed by atoms with E-state index in [1.165, 1.54) is 0 Å². The number of hydrogen-bond acceptors (Lipinski definition) is 2. The molecule has 0 aliphatic heterocycles. The molecule has 8 heteroatoms. The Morgan fingerprint density at radius 3 is 2.39 bits per heavy atom. The molecule has 0 bridgehead atoms. The van der Waals surface area contributed by atoms with Crippen molar-refractivity contribution in [3.05, 3.63) is 47.3 Å². The van der Waals surface area contributed by atoms with Gasteiger partial charge in [0.2, 0.25) is 0 Å². The number of nitrogens with one attached hydrogen (secondary N) is 2. The van der Waals surface area contributed by atoms with Gasteiger partial charge in [-0.2, -0.15) is 0 Å². The number of aromatic amines is 2. The number of halogens is 4. The summed E-state index contributed by atoms with van der Waals surface area (Å²) < 4.78 is 54.1. The minimum absolute atomic E-state index is 0.0944.